The fourth-order valence-electron chi connectivity index (χ4n) is 4.28. The molecule has 1 saturated heterocycles. The highest BCUT2D eigenvalue weighted by atomic mass is 19.4. The van der Waals surface area contributed by atoms with Gasteiger partial charge >= 0.3 is 6.18 Å². The Morgan fingerprint density at radius 1 is 1.08 bits per heavy atom. The number of nitrogens with one attached hydrogen (secondary N) is 2. The lowest BCUT2D eigenvalue weighted by Gasteiger charge is -2.13. The largest absolute Gasteiger partial charge is 0.416 e. The number of aromatic nitrogens is 3. The molecule has 8 nitrogen and oxygen atoms in total. The van der Waals surface area contributed by atoms with Crippen LogP contribution in [0.2, 0.25) is 0 Å². The Hall–Kier alpha value is -4.51. The number of hydrogen-bond acceptors (Lipinski definition) is 5. The van der Waals surface area contributed by atoms with Crippen molar-refractivity contribution in [3.8, 4) is 16.8 Å². The van der Waals surface area contributed by atoms with Gasteiger partial charge in [0.15, 0.2) is 0 Å². The van der Waals surface area contributed by atoms with E-state index in [4.69, 9.17) is 4.74 Å². The van der Waals surface area contributed by atoms with E-state index in [0.29, 0.717) is 47.8 Å². The maximum Gasteiger partial charge on any atom is 0.416 e. The molecule has 200 valence electrons. The molecule has 1 aliphatic rings. The number of aryl methyl sites for hydroxylation is 1. The van der Waals surface area contributed by atoms with Gasteiger partial charge in [0.25, 0.3) is 5.91 Å². The molecular formula is C28H24F3N5O3. The van der Waals surface area contributed by atoms with E-state index < -0.39 is 17.6 Å². The lowest BCUT2D eigenvalue weighted by Crippen LogP contribution is -2.23. The number of rotatable bonds is 6. The van der Waals surface area contributed by atoms with Gasteiger partial charge in [0.2, 0.25) is 5.91 Å². The fourth-order valence-corrected chi connectivity index (χ4v) is 4.28. The van der Waals surface area contributed by atoms with Crippen LogP contribution in [0, 0.1) is 12.8 Å². The Balaban J connectivity index is 1.37. The summed E-state index contributed by atoms with van der Waals surface area (Å²) in [5.41, 5.74) is 2.88. The summed E-state index contributed by atoms with van der Waals surface area (Å²) in [6, 6.07) is 11.1. The third-order valence-electron chi connectivity index (χ3n) is 6.44. The van der Waals surface area contributed by atoms with Crippen molar-refractivity contribution in [2.75, 3.05) is 23.8 Å². The molecule has 0 saturated carbocycles. The Morgan fingerprint density at radius 3 is 2.69 bits per heavy atom. The number of alkyl halides is 3. The van der Waals surface area contributed by atoms with Crippen LogP contribution < -0.4 is 10.6 Å². The Kier molecular flexibility index (Phi) is 7.16. The van der Waals surface area contributed by atoms with Gasteiger partial charge in [0.1, 0.15) is 0 Å². The summed E-state index contributed by atoms with van der Waals surface area (Å²) in [6.07, 6.45) is 2.76. The van der Waals surface area contributed by atoms with Crippen LogP contribution in [-0.4, -0.2) is 39.8 Å². The number of benzene rings is 2. The van der Waals surface area contributed by atoms with Crippen molar-refractivity contribution < 1.29 is 27.5 Å². The van der Waals surface area contributed by atoms with Crippen LogP contribution in [0.3, 0.4) is 0 Å². The number of pyridine rings is 1. The van der Waals surface area contributed by atoms with E-state index in [-0.39, 0.29) is 17.4 Å². The van der Waals surface area contributed by atoms with Gasteiger partial charge < -0.3 is 15.4 Å². The molecule has 2 amide bonds. The van der Waals surface area contributed by atoms with Crippen molar-refractivity contribution in [2.45, 2.75) is 19.5 Å². The number of ether oxygens (including phenoxy) is 1. The molecule has 1 fully saturated rings. The molecule has 3 heterocycles. The van der Waals surface area contributed by atoms with Crippen LogP contribution in [-0.2, 0) is 15.7 Å². The first kappa shape index (κ1) is 26.1. The highest BCUT2D eigenvalue weighted by molar-refractivity contribution is 6.04. The highest BCUT2D eigenvalue weighted by Gasteiger charge is 2.31. The minimum Gasteiger partial charge on any atom is -0.381 e. The molecule has 0 bridgehead atoms. The summed E-state index contributed by atoms with van der Waals surface area (Å²) in [5, 5.41) is 10.1. The number of hydrogen-bond donors (Lipinski definition) is 2. The maximum absolute atomic E-state index is 13.1. The average molecular weight is 536 g/mol. The van der Waals surface area contributed by atoms with Crippen molar-refractivity contribution in [2.24, 2.45) is 5.92 Å². The molecule has 4 aromatic rings. The minimum absolute atomic E-state index is 0.108. The predicted octanol–water partition coefficient (Wildman–Crippen LogP) is 5.49. The zero-order chi connectivity index (χ0) is 27.6. The highest BCUT2D eigenvalue weighted by Crippen LogP contribution is 2.31. The molecule has 1 aliphatic heterocycles. The summed E-state index contributed by atoms with van der Waals surface area (Å²) in [4.78, 5) is 29.5. The molecule has 11 heteroatoms. The third kappa shape index (κ3) is 5.83. The smallest absolute Gasteiger partial charge is 0.381 e. The Morgan fingerprint density at radius 2 is 1.92 bits per heavy atom. The zero-order valence-corrected chi connectivity index (χ0v) is 20.8. The molecule has 1 atom stereocenters. The Labute approximate surface area is 221 Å². The van der Waals surface area contributed by atoms with Crippen molar-refractivity contribution >= 4 is 23.2 Å². The Bertz CT molecular complexity index is 1530. The average Bonchev–Trinajstić information content (AvgIpc) is 3.63. The van der Waals surface area contributed by atoms with Gasteiger partial charge in [-0.1, -0.05) is 12.1 Å². The predicted molar refractivity (Wildman–Crippen MR) is 138 cm³/mol. The van der Waals surface area contributed by atoms with Gasteiger partial charge in [-0.05, 0) is 55.3 Å². The standard InChI is InChI=1S/C28H24F3N5O3/c1-17-5-6-22(34-26(37)18-3-2-4-21(11-18)28(29,30)31)12-25(17)36-15-20(13-33-36)23-14-32-9-7-24(23)35-27(38)19-8-10-39-16-19/h2-7,9,11-15,19H,8,10,16H2,1H3,(H,34,37)(H,32,35,38). The molecule has 2 N–H and O–H groups in total. The second kappa shape index (κ2) is 10.7. The van der Waals surface area contributed by atoms with Gasteiger partial charge in [-0.25, -0.2) is 4.68 Å². The molecule has 2 aromatic carbocycles. The minimum atomic E-state index is -4.55. The lowest BCUT2D eigenvalue weighted by molar-refractivity contribution is -0.137. The first-order chi connectivity index (χ1) is 18.7. The van der Waals surface area contributed by atoms with Gasteiger partial charge in [0.05, 0.1) is 35.7 Å². The summed E-state index contributed by atoms with van der Waals surface area (Å²) in [5.74, 6) is -0.988. The number of halogens is 3. The van der Waals surface area contributed by atoms with Crippen LogP contribution in [0.15, 0.2) is 73.3 Å². The van der Waals surface area contributed by atoms with E-state index >= 15 is 0 Å². The fraction of sp³-hybridized carbons (Fsp3) is 0.214. The lowest BCUT2D eigenvalue weighted by atomic mass is 10.1. The van der Waals surface area contributed by atoms with Gasteiger partial charge in [0, 0.05) is 47.6 Å². The first-order valence-corrected chi connectivity index (χ1v) is 12.2. The van der Waals surface area contributed by atoms with Crippen molar-refractivity contribution in [1.29, 1.82) is 0 Å². The van der Waals surface area contributed by atoms with Crippen LogP contribution in [0.4, 0.5) is 24.5 Å². The zero-order valence-electron chi connectivity index (χ0n) is 20.8. The second-order valence-electron chi connectivity index (χ2n) is 9.18. The number of anilines is 2. The van der Waals surface area contributed by atoms with Crippen molar-refractivity contribution in [3.05, 3.63) is 90.0 Å². The van der Waals surface area contributed by atoms with Crippen LogP contribution >= 0.6 is 0 Å². The summed E-state index contributed by atoms with van der Waals surface area (Å²) in [7, 11) is 0. The molecule has 0 aliphatic carbocycles. The van der Waals surface area contributed by atoms with Crippen LogP contribution in [0.1, 0.15) is 27.9 Å². The van der Waals surface area contributed by atoms with E-state index in [9.17, 15) is 22.8 Å². The number of amides is 2. The number of nitrogens with zero attached hydrogens (tertiary/aromatic N) is 3. The van der Waals surface area contributed by atoms with Crippen molar-refractivity contribution in [3.63, 3.8) is 0 Å². The van der Waals surface area contributed by atoms with Gasteiger partial charge in [-0.3, -0.25) is 14.6 Å². The van der Waals surface area contributed by atoms with E-state index in [1.165, 1.54) is 12.1 Å². The molecule has 0 radical (unpaired) electrons. The maximum atomic E-state index is 13.1. The topological polar surface area (TPSA) is 98.1 Å². The molecule has 39 heavy (non-hydrogen) atoms. The van der Waals surface area contributed by atoms with Crippen LogP contribution in [0.25, 0.3) is 16.8 Å². The number of carbonyl (C=O) groups excluding carboxylic acids is 2. The molecule has 0 spiro atoms. The first-order valence-electron chi connectivity index (χ1n) is 12.2. The van der Waals surface area contributed by atoms with E-state index in [1.807, 2.05) is 6.92 Å². The molecule has 5 rings (SSSR count). The normalized spacial score (nSPS) is 15.2. The summed E-state index contributed by atoms with van der Waals surface area (Å²) < 4.78 is 46.1. The summed E-state index contributed by atoms with van der Waals surface area (Å²) >= 11 is 0. The SMILES string of the molecule is Cc1ccc(NC(=O)c2cccc(C(F)(F)F)c2)cc1-n1cc(-c2cnccc2NC(=O)C2CCOC2)cn1. The van der Waals surface area contributed by atoms with E-state index in [0.717, 1.165) is 17.7 Å². The molecule has 1 unspecified atom stereocenters. The van der Waals surface area contributed by atoms with Gasteiger partial charge in [-0.2, -0.15) is 18.3 Å². The monoisotopic (exact) mass is 535 g/mol. The van der Waals surface area contributed by atoms with Crippen molar-refractivity contribution in [1.82, 2.24) is 14.8 Å². The summed E-state index contributed by atoms with van der Waals surface area (Å²) in [6.45, 7) is 2.82. The third-order valence-corrected chi connectivity index (χ3v) is 6.44. The molecule has 2 aromatic heterocycles. The number of carbonyl (C=O) groups is 2. The van der Waals surface area contributed by atoms with Gasteiger partial charge in [-0.15, -0.1) is 0 Å². The van der Waals surface area contributed by atoms with Crippen LogP contribution in [0.5, 0.6) is 0 Å². The second-order valence-corrected chi connectivity index (χ2v) is 9.18. The molecular weight excluding hydrogens is 511 g/mol. The van der Waals surface area contributed by atoms with E-state index in [1.54, 1.807) is 53.7 Å². The van der Waals surface area contributed by atoms with E-state index in [2.05, 4.69) is 20.7 Å². The quantitative estimate of drug-likeness (QED) is 0.340.